The Morgan fingerprint density at radius 2 is 1.85 bits per heavy atom. The molecule has 0 aliphatic carbocycles. The average molecular weight is 293 g/mol. The van der Waals surface area contributed by atoms with Gasteiger partial charge in [0, 0.05) is 34.2 Å². The number of nitrogens with one attached hydrogen (secondary N) is 2. The molecule has 110 valence electrons. The standard InChI is InChI=1S/C17H25ClN2/c1-16(2,3)11-17(4,5)20-10-12-9-19-15-8-13(18)6-7-14(12)15/h6-9,19-20H,10-11H2,1-5H3. The van der Waals surface area contributed by atoms with Crippen LogP contribution in [0.5, 0.6) is 0 Å². The monoisotopic (exact) mass is 292 g/mol. The lowest BCUT2D eigenvalue weighted by Crippen LogP contribution is -2.41. The molecule has 0 aliphatic rings. The van der Waals surface area contributed by atoms with E-state index in [9.17, 15) is 0 Å². The van der Waals surface area contributed by atoms with E-state index in [1.54, 1.807) is 0 Å². The number of fused-ring (bicyclic) bond motifs is 1. The fourth-order valence-electron chi connectivity index (χ4n) is 3.03. The molecular weight excluding hydrogens is 268 g/mol. The predicted molar refractivity (Wildman–Crippen MR) is 88.3 cm³/mol. The molecule has 0 aliphatic heterocycles. The first-order valence-corrected chi connectivity index (χ1v) is 7.55. The normalized spacial score (nSPS) is 13.1. The van der Waals surface area contributed by atoms with E-state index in [2.05, 4.69) is 57.2 Å². The van der Waals surface area contributed by atoms with Gasteiger partial charge in [0.05, 0.1) is 0 Å². The predicted octanol–water partition coefficient (Wildman–Crippen LogP) is 5.13. The number of rotatable bonds is 4. The molecule has 2 N–H and O–H groups in total. The van der Waals surface area contributed by atoms with Crippen LogP contribution in [0.3, 0.4) is 0 Å². The topological polar surface area (TPSA) is 27.8 Å². The summed E-state index contributed by atoms with van der Waals surface area (Å²) in [6.07, 6.45) is 3.20. The first-order valence-electron chi connectivity index (χ1n) is 7.17. The van der Waals surface area contributed by atoms with Crippen molar-refractivity contribution in [1.82, 2.24) is 10.3 Å². The van der Waals surface area contributed by atoms with Gasteiger partial charge in [-0.05, 0) is 43.4 Å². The molecule has 2 nitrogen and oxygen atoms in total. The highest BCUT2D eigenvalue weighted by atomic mass is 35.5. The first-order chi connectivity index (χ1) is 9.16. The second-order valence-electron chi connectivity index (χ2n) is 7.48. The molecule has 1 aromatic carbocycles. The molecule has 0 amide bonds. The highest BCUT2D eigenvalue weighted by Crippen LogP contribution is 2.28. The van der Waals surface area contributed by atoms with Gasteiger partial charge in [0.25, 0.3) is 0 Å². The van der Waals surface area contributed by atoms with Gasteiger partial charge in [-0.25, -0.2) is 0 Å². The third-order valence-electron chi connectivity index (χ3n) is 3.46. The minimum atomic E-state index is 0.119. The van der Waals surface area contributed by atoms with Gasteiger partial charge in [0.2, 0.25) is 0 Å². The lowest BCUT2D eigenvalue weighted by molar-refractivity contribution is 0.241. The molecule has 20 heavy (non-hydrogen) atoms. The molecule has 0 unspecified atom stereocenters. The molecule has 0 atom stereocenters. The van der Waals surface area contributed by atoms with Crippen LogP contribution in [0.1, 0.15) is 46.6 Å². The van der Waals surface area contributed by atoms with Crippen molar-refractivity contribution in [3.63, 3.8) is 0 Å². The van der Waals surface area contributed by atoms with Gasteiger partial charge >= 0.3 is 0 Å². The summed E-state index contributed by atoms with van der Waals surface area (Å²) in [6.45, 7) is 12.2. The molecule has 0 radical (unpaired) electrons. The number of hydrogen-bond donors (Lipinski definition) is 2. The lowest BCUT2D eigenvalue weighted by Gasteiger charge is -2.33. The highest BCUT2D eigenvalue weighted by molar-refractivity contribution is 6.31. The number of aromatic amines is 1. The number of benzene rings is 1. The van der Waals surface area contributed by atoms with Crippen LogP contribution in [0, 0.1) is 5.41 Å². The van der Waals surface area contributed by atoms with Crippen LogP contribution in [-0.4, -0.2) is 10.5 Å². The summed E-state index contributed by atoms with van der Waals surface area (Å²) >= 11 is 6.01. The zero-order chi connectivity index (χ0) is 15.0. The second-order valence-corrected chi connectivity index (χ2v) is 7.92. The molecule has 0 saturated carbocycles. The molecule has 1 aromatic heterocycles. The van der Waals surface area contributed by atoms with Crippen LogP contribution >= 0.6 is 11.6 Å². The minimum absolute atomic E-state index is 0.119. The third-order valence-corrected chi connectivity index (χ3v) is 3.69. The first kappa shape index (κ1) is 15.4. The summed E-state index contributed by atoms with van der Waals surface area (Å²) in [7, 11) is 0. The highest BCUT2D eigenvalue weighted by Gasteiger charge is 2.24. The molecule has 0 bridgehead atoms. The Balaban J connectivity index is 2.09. The van der Waals surface area contributed by atoms with Gasteiger partial charge in [-0.2, -0.15) is 0 Å². The van der Waals surface area contributed by atoms with Crippen molar-refractivity contribution in [3.05, 3.63) is 35.0 Å². The van der Waals surface area contributed by atoms with Crippen molar-refractivity contribution in [1.29, 1.82) is 0 Å². The quantitative estimate of drug-likeness (QED) is 0.803. The lowest BCUT2D eigenvalue weighted by atomic mass is 9.82. The van der Waals surface area contributed by atoms with E-state index >= 15 is 0 Å². The van der Waals surface area contributed by atoms with Crippen molar-refractivity contribution >= 4 is 22.5 Å². The minimum Gasteiger partial charge on any atom is -0.361 e. The summed E-state index contributed by atoms with van der Waals surface area (Å²) < 4.78 is 0. The Morgan fingerprint density at radius 3 is 2.50 bits per heavy atom. The van der Waals surface area contributed by atoms with Crippen molar-refractivity contribution in [3.8, 4) is 0 Å². The fourth-order valence-corrected chi connectivity index (χ4v) is 3.20. The Labute approximate surface area is 126 Å². The van der Waals surface area contributed by atoms with Crippen molar-refractivity contribution < 1.29 is 0 Å². The molecule has 2 aromatic rings. The molecule has 0 spiro atoms. The van der Waals surface area contributed by atoms with Crippen LogP contribution in [0.2, 0.25) is 5.02 Å². The van der Waals surface area contributed by atoms with Crippen LogP contribution in [0.15, 0.2) is 24.4 Å². The van der Waals surface area contributed by atoms with Crippen LogP contribution in [0.25, 0.3) is 10.9 Å². The largest absolute Gasteiger partial charge is 0.361 e. The average Bonchev–Trinajstić information content (AvgIpc) is 2.65. The van der Waals surface area contributed by atoms with Gasteiger partial charge in [0.1, 0.15) is 0 Å². The van der Waals surface area contributed by atoms with Crippen LogP contribution in [0.4, 0.5) is 0 Å². The molecular formula is C17H25ClN2. The summed E-state index contributed by atoms with van der Waals surface area (Å²) in [4.78, 5) is 3.29. The summed E-state index contributed by atoms with van der Waals surface area (Å²) in [5.41, 5.74) is 2.83. The molecule has 1 heterocycles. The van der Waals surface area contributed by atoms with Gasteiger partial charge in [-0.3, -0.25) is 0 Å². The molecule has 2 rings (SSSR count). The summed E-state index contributed by atoms with van der Waals surface area (Å²) in [5.74, 6) is 0. The van der Waals surface area contributed by atoms with Gasteiger partial charge in [-0.15, -0.1) is 0 Å². The molecule has 3 heteroatoms. The maximum Gasteiger partial charge on any atom is 0.0472 e. The molecule has 0 saturated heterocycles. The SMILES string of the molecule is CC(C)(C)CC(C)(C)NCc1c[nH]c2cc(Cl)ccc12. The van der Waals surface area contributed by atoms with Crippen molar-refractivity contribution in [2.45, 2.75) is 53.1 Å². The Bertz CT molecular complexity index is 591. The van der Waals surface area contributed by atoms with E-state index in [4.69, 9.17) is 11.6 Å². The Morgan fingerprint density at radius 1 is 1.15 bits per heavy atom. The van der Waals surface area contributed by atoms with Crippen LogP contribution < -0.4 is 5.32 Å². The van der Waals surface area contributed by atoms with E-state index in [1.807, 2.05) is 12.1 Å². The summed E-state index contributed by atoms with van der Waals surface area (Å²) in [5, 5.41) is 5.69. The smallest absolute Gasteiger partial charge is 0.0472 e. The maximum absolute atomic E-state index is 6.01. The van der Waals surface area contributed by atoms with E-state index in [0.29, 0.717) is 5.41 Å². The maximum atomic E-state index is 6.01. The van der Waals surface area contributed by atoms with E-state index in [0.717, 1.165) is 23.5 Å². The van der Waals surface area contributed by atoms with E-state index in [1.165, 1.54) is 10.9 Å². The van der Waals surface area contributed by atoms with Gasteiger partial charge < -0.3 is 10.3 Å². The zero-order valence-corrected chi connectivity index (χ0v) is 13.9. The zero-order valence-electron chi connectivity index (χ0n) is 13.1. The number of aromatic nitrogens is 1. The fraction of sp³-hybridized carbons (Fsp3) is 0.529. The van der Waals surface area contributed by atoms with E-state index in [-0.39, 0.29) is 5.54 Å². The van der Waals surface area contributed by atoms with Crippen molar-refractivity contribution in [2.24, 2.45) is 5.41 Å². The number of H-pyrrole nitrogens is 1. The Hall–Kier alpha value is -0.990. The van der Waals surface area contributed by atoms with E-state index < -0.39 is 0 Å². The second kappa shape index (κ2) is 5.42. The Kier molecular flexibility index (Phi) is 4.17. The number of hydrogen-bond acceptors (Lipinski definition) is 1. The number of halogens is 1. The van der Waals surface area contributed by atoms with Crippen LogP contribution in [-0.2, 0) is 6.54 Å². The van der Waals surface area contributed by atoms with Gasteiger partial charge in [0.15, 0.2) is 0 Å². The summed E-state index contributed by atoms with van der Waals surface area (Å²) in [6, 6.07) is 6.00. The third kappa shape index (κ3) is 4.00. The van der Waals surface area contributed by atoms with Crippen molar-refractivity contribution in [2.75, 3.05) is 0 Å². The molecule has 0 fully saturated rings. The van der Waals surface area contributed by atoms with Gasteiger partial charge in [-0.1, -0.05) is 38.4 Å².